The van der Waals surface area contributed by atoms with Crippen LogP contribution in [-0.4, -0.2) is 39.4 Å². The molecule has 5 heteroatoms. The summed E-state index contributed by atoms with van der Waals surface area (Å²) in [5, 5.41) is 0. The molecular weight excluding hydrogens is 224 g/mol. The molecule has 1 spiro atoms. The topological polar surface area (TPSA) is 61.8 Å². The van der Waals surface area contributed by atoms with E-state index in [2.05, 4.69) is 0 Å². The highest BCUT2D eigenvalue weighted by atomic mass is 16.5. The lowest BCUT2D eigenvalue weighted by atomic mass is 9.50. The summed E-state index contributed by atoms with van der Waals surface area (Å²) < 4.78 is 14.8. The summed E-state index contributed by atoms with van der Waals surface area (Å²) in [5.74, 6) is -0.942. The number of methoxy groups -OCH3 is 2. The molecule has 0 N–H and O–H groups in total. The molecule has 0 bridgehead atoms. The molecule has 96 valence electrons. The third kappa shape index (κ3) is 1.82. The van der Waals surface area contributed by atoms with Crippen molar-refractivity contribution in [1.82, 2.24) is 0 Å². The Hall–Kier alpha value is -1.10. The van der Waals surface area contributed by atoms with E-state index in [1.807, 2.05) is 0 Å². The van der Waals surface area contributed by atoms with E-state index in [1.54, 1.807) is 0 Å². The molecule has 1 aliphatic carbocycles. The summed E-state index contributed by atoms with van der Waals surface area (Å²) >= 11 is 0. The van der Waals surface area contributed by atoms with Gasteiger partial charge in [-0.1, -0.05) is 0 Å². The van der Waals surface area contributed by atoms with Crippen LogP contribution in [0.4, 0.5) is 0 Å². The van der Waals surface area contributed by atoms with E-state index in [-0.39, 0.29) is 5.41 Å². The molecule has 0 unspecified atom stereocenters. The number of carbonyl (C=O) groups is 2. The Morgan fingerprint density at radius 3 is 1.88 bits per heavy atom. The van der Waals surface area contributed by atoms with E-state index in [1.165, 1.54) is 14.2 Å². The fourth-order valence-corrected chi connectivity index (χ4v) is 3.15. The van der Waals surface area contributed by atoms with Gasteiger partial charge in [-0.3, -0.25) is 9.59 Å². The van der Waals surface area contributed by atoms with Crippen LogP contribution in [0.15, 0.2) is 0 Å². The lowest BCUT2D eigenvalue weighted by molar-refractivity contribution is -0.195. The number of rotatable bonds is 2. The van der Waals surface area contributed by atoms with Crippen LogP contribution < -0.4 is 0 Å². The van der Waals surface area contributed by atoms with Crippen molar-refractivity contribution in [2.24, 2.45) is 10.8 Å². The SMILES string of the molecule is COC(=O)C1(C(=O)OC)CC2(CCOCC2)C1. The highest BCUT2D eigenvalue weighted by molar-refractivity contribution is 6.01. The first-order chi connectivity index (χ1) is 8.08. The highest BCUT2D eigenvalue weighted by Crippen LogP contribution is 2.60. The van der Waals surface area contributed by atoms with Crippen LogP contribution in [0.5, 0.6) is 0 Å². The first-order valence-electron chi connectivity index (χ1n) is 5.83. The van der Waals surface area contributed by atoms with Crippen LogP contribution >= 0.6 is 0 Å². The second kappa shape index (κ2) is 4.29. The molecule has 1 saturated heterocycles. The molecule has 1 saturated carbocycles. The molecule has 2 aliphatic rings. The summed E-state index contributed by atoms with van der Waals surface area (Å²) in [7, 11) is 2.62. The zero-order valence-corrected chi connectivity index (χ0v) is 10.3. The molecule has 17 heavy (non-hydrogen) atoms. The number of hydrogen-bond donors (Lipinski definition) is 0. The Bertz CT molecular complexity index is 304. The lowest BCUT2D eigenvalue weighted by Gasteiger charge is -2.54. The second-order valence-electron chi connectivity index (χ2n) is 5.03. The van der Waals surface area contributed by atoms with Crippen molar-refractivity contribution < 1.29 is 23.8 Å². The van der Waals surface area contributed by atoms with Crippen molar-refractivity contribution in [3.8, 4) is 0 Å². The van der Waals surface area contributed by atoms with Crippen molar-refractivity contribution in [1.29, 1.82) is 0 Å². The molecule has 5 nitrogen and oxygen atoms in total. The van der Waals surface area contributed by atoms with Crippen LogP contribution in [0.25, 0.3) is 0 Å². The molecule has 0 aromatic rings. The van der Waals surface area contributed by atoms with E-state index in [0.717, 1.165) is 12.8 Å². The maximum Gasteiger partial charge on any atom is 0.323 e. The van der Waals surface area contributed by atoms with E-state index in [0.29, 0.717) is 26.1 Å². The van der Waals surface area contributed by atoms with Gasteiger partial charge in [0.2, 0.25) is 0 Å². The number of esters is 2. The number of hydrogen-bond acceptors (Lipinski definition) is 5. The van der Waals surface area contributed by atoms with Crippen molar-refractivity contribution in [2.75, 3.05) is 27.4 Å². The summed E-state index contributed by atoms with van der Waals surface area (Å²) in [4.78, 5) is 23.6. The van der Waals surface area contributed by atoms with Crippen molar-refractivity contribution in [3.63, 3.8) is 0 Å². The zero-order valence-electron chi connectivity index (χ0n) is 10.3. The van der Waals surface area contributed by atoms with Crippen LogP contribution in [-0.2, 0) is 23.8 Å². The molecule has 0 amide bonds. The molecule has 0 atom stereocenters. The van der Waals surface area contributed by atoms with Crippen molar-refractivity contribution in [2.45, 2.75) is 25.7 Å². The fourth-order valence-electron chi connectivity index (χ4n) is 3.15. The lowest BCUT2D eigenvalue weighted by Crippen LogP contribution is -2.58. The van der Waals surface area contributed by atoms with E-state index >= 15 is 0 Å². The van der Waals surface area contributed by atoms with Gasteiger partial charge in [-0.05, 0) is 31.1 Å². The quantitative estimate of drug-likeness (QED) is 0.532. The third-order valence-electron chi connectivity index (χ3n) is 4.06. The largest absolute Gasteiger partial charge is 0.468 e. The second-order valence-corrected chi connectivity index (χ2v) is 5.03. The van der Waals surface area contributed by atoms with Gasteiger partial charge < -0.3 is 14.2 Å². The van der Waals surface area contributed by atoms with Crippen LogP contribution in [0.2, 0.25) is 0 Å². The van der Waals surface area contributed by atoms with Gasteiger partial charge in [0.25, 0.3) is 0 Å². The van der Waals surface area contributed by atoms with Crippen LogP contribution in [0.1, 0.15) is 25.7 Å². The minimum atomic E-state index is -1.07. The van der Waals surface area contributed by atoms with Gasteiger partial charge in [0.1, 0.15) is 0 Å². The Balaban J connectivity index is 2.12. The molecule has 1 aliphatic heterocycles. The predicted molar refractivity (Wildman–Crippen MR) is 58.2 cm³/mol. The van der Waals surface area contributed by atoms with Gasteiger partial charge in [-0.25, -0.2) is 0 Å². The standard InChI is InChI=1S/C12H18O5/c1-15-9(13)12(10(14)16-2)7-11(8-12)3-5-17-6-4-11/h3-8H2,1-2H3. The number of carbonyl (C=O) groups excluding carboxylic acids is 2. The van der Waals surface area contributed by atoms with Gasteiger partial charge in [-0.15, -0.1) is 0 Å². The molecular formula is C12H18O5. The van der Waals surface area contributed by atoms with Gasteiger partial charge in [0.15, 0.2) is 5.41 Å². The van der Waals surface area contributed by atoms with Gasteiger partial charge in [0.05, 0.1) is 14.2 Å². The summed E-state index contributed by atoms with van der Waals surface area (Å²) in [5.41, 5.74) is -0.999. The monoisotopic (exact) mass is 242 g/mol. The summed E-state index contributed by atoms with van der Waals surface area (Å²) in [6.07, 6.45) is 2.87. The fraction of sp³-hybridized carbons (Fsp3) is 0.833. The third-order valence-corrected chi connectivity index (χ3v) is 4.06. The number of ether oxygens (including phenoxy) is 3. The van der Waals surface area contributed by atoms with Crippen molar-refractivity contribution >= 4 is 11.9 Å². The molecule has 0 radical (unpaired) electrons. The first-order valence-corrected chi connectivity index (χ1v) is 5.83. The first kappa shape index (κ1) is 12.4. The van der Waals surface area contributed by atoms with Gasteiger partial charge in [-0.2, -0.15) is 0 Å². The smallest absolute Gasteiger partial charge is 0.323 e. The minimum absolute atomic E-state index is 0.0701. The Morgan fingerprint density at radius 1 is 1.00 bits per heavy atom. The summed E-state index contributed by atoms with van der Waals surface area (Å²) in [6, 6.07) is 0. The van der Waals surface area contributed by atoms with E-state index < -0.39 is 17.4 Å². The molecule has 1 heterocycles. The molecule has 2 rings (SSSR count). The molecule has 2 fully saturated rings. The van der Waals surface area contributed by atoms with Gasteiger partial charge in [0, 0.05) is 13.2 Å². The minimum Gasteiger partial charge on any atom is -0.468 e. The zero-order chi connectivity index (χ0) is 12.5. The molecule has 0 aromatic carbocycles. The van der Waals surface area contributed by atoms with Crippen LogP contribution in [0, 0.1) is 10.8 Å². The Morgan fingerprint density at radius 2 is 1.47 bits per heavy atom. The Kier molecular flexibility index (Phi) is 3.12. The maximum atomic E-state index is 11.8. The highest BCUT2D eigenvalue weighted by Gasteiger charge is 2.64. The average Bonchev–Trinajstić information content (AvgIpc) is 2.34. The van der Waals surface area contributed by atoms with Crippen molar-refractivity contribution in [3.05, 3.63) is 0 Å². The molecule has 0 aromatic heterocycles. The van der Waals surface area contributed by atoms with Crippen LogP contribution in [0.3, 0.4) is 0 Å². The van der Waals surface area contributed by atoms with Gasteiger partial charge >= 0.3 is 11.9 Å². The Labute approximate surface area is 100 Å². The normalized spacial score (nSPS) is 24.8. The predicted octanol–water partition coefficient (Wildman–Crippen LogP) is 0.909. The van der Waals surface area contributed by atoms with E-state index in [9.17, 15) is 9.59 Å². The average molecular weight is 242 g/mol. The summed E-state index contributed by atoms with van der Waals surface area (Å²) in [6.45, 7) is 1.41. The maximum absolute atomic E-state index is 11.8. The van der Waals surface area contributed by atoms with E-state index in [4.69, 9.17) is 14.2 Å².